The quantitative estimate of drug-likeness (QED) is 0.571. The van der Waals surface area contributed by atoms with E-state index in [9.17, 15) is 14.4 Å². The van der Waals surface area contributed by atoms with Gasteiger partial charge in [0.25, 0.3) is 5.91 Å². The van der Waals surface area contributed by atoms with Gasteiger partial charge in [0.05, 0.1) is 6.67 Å². The summed E-state index contributed by atoms with van der Waals surface area (Å²) in [4.78, 5) is 42.2. The molecule has 3 heterocycles. The molecular weight excluding hydrogens is 410 g/mol. The average Bonchev–Trinajstić information content (AvgIpc) is 3.05. The van der Waals surface area contributed by atoms with Crippen LogP contribution in [0.1, 0.15) is 55.8 Å². The van der Waals surface area contributed by atoms with Gasteiger partial charge in [-0.3, -0.25) is 14.5 Å². The number of likely N-dealkylation sites (tertiary alicyclic amines) is 1. The number of carbonyl (C=O) groups is 3. The van der Waals surface area contributed by atoms with E-state index in [1.54, 1.807) is 18.2 Å². The minimum absolute atomic E-state index is 0.0666. The molecule has 1 N–H and O–H groups in total. The normalized spacial score (nSPS) is 28.8. The molecule has 1 saturated carbocycles. The Morgan fingerprint density at radius 1 is 1.06 bits per heavy atom. The number of Topliss-reactive ketones (excluding diaryl/α,β-unsaturated/α-hetero) is 1. The second-order valence-corrected chi connectivity index (χ2v) is 9.68. The number of imide groups is 1. The highest BCUT2D eigenvalue weighted by molar-refractivity contribution is 6.07. The van der Waals surface area contributed by atoms with Gasteiger partial charge in [-0.25, -0.2) is 9.69 Å². The van der Waals surface area contributed by atoms with Gasteiger partial charge in [-0.05, 0) is 62.6 Å². The van der Waals surface area contributed by atoms with Crippen LogP contribution >= 0.6 is 0 Å². The molecule has 4 aliphatic rings. The fourth-order valence-corrected chi connectivity index (χ4v) is 5.37. The van der Waals surface area contributed by atoms with Crippen molar-refractivity contribution >= 4 is 17.7 Å². The number of ether oxygens (including phenoxy) is 2. The zero-order chi connectivity index (χ0) is 22.3. The third-order valence-electron chi connectivity index (χ3n) is 7.50. The minimum atomic E-state index is -0.698. The Kier molecular flexibility index (Phi) is 5.57. The molecule has 1 aliphatic carbocycles. The first-order valence-corrected chi connectivity index (χ1v) is 11.8. The Morgan fingerprint density at radius 2 is 1.75 bits per heavy atom. The summed E-state index contributed by atoms with van der Waals surface area (Å²) in [5, 5.41) is 2.99. The number of fused-ring (bicyclic) bond motifs is 1. The number of rotatable bonds is 4. The van der Waals surface area contributed by atoms with Crippen LogP contribution in [0.25, 0.3) is 0 Å². The third kappa shape index (κ3) is 3.85. The summed E-state index contributed by atoms with van der Waals surface area (Å²) < 4.78 is 11.1. The lowest BCUT2D eigenvalue weighted by molar-refractivity contribution is -0.134. The maximum atomic E-state index is 13.1. The first kappa shape index (κ1) is 21.2. The van der Waals surface area contributed by atoms with Gasteiger partial charge in [-0.2, -0.15) is 0 Å². The van der Waals surface area contributed by atoms with Crippen LogP contribution in [-0.2, 0) is 4.79 Å². The van der Waals surface area contributed by atoms with Gasteiger partial charge in [0.15, 0.2) is 17.3 Å². The van der Waals surface area contributed by atoms with Crippen LogP contribution < -0.4 is 14.8 Å². The summed E-state index contributed by atoms with van der Waals surface area (Å²) in [6, 6.07) is 5.11. The van der Waals surface area contributed by atoms with Crippen molar-refractivity contribution in [2.24, 2.45) is 11.8 Å². The maximum Gasteiger partial charge on any atom is 0.326 e. The number of urea groups is 1. The van der Waals surface area contributed by atoms with Crippen molar-refractivity contribution in [1.29, 1.82) is 0 Å². The van der Waals surface area contributed by atoms with Crippen LogP contribution in [0.15, 0.2) is 18.2 Å². The average molecular weight is 442 g/mol. The molecule has 1 aromatic carbocycles. The van der Waals surface area contributed by atoms with Crippen molar-refractivity contribution in [2.75, 3.05) is 33.0 Å². The van der Waals surface area contributed by atoms with E-state index < -0.39 is 5.54 Å². The minimum Gasteiger partial charge on any atom is -0.486 e. The highest BCUT2D eigenvalue weighted by Crippen LogP contribution is 2.37. The lowest BCUT2D eigenvalue weighted by Gasteiger charge is -2.35. The first-order chi connectivity index (χ1) is 15.4. The summed E-state index contributed by atoms with van der Waals surface area (Å²) in [7, 11) is 0. The Morgan fingerprint density at radius 3 is 2.47 bits per heavy atom. The van der Waals surface area contributed by atoms with Gasteiger partial charge < -0.3 is 14.8 Å². The number of ketones is 1. The second kappa shape index (κ2) is 8.39. The van der Waals surface area contributed by atoms with E-state index in [-0.39, 0.29) is 23.6 Å². The van der Waals surface area contributed by atoms with Crippen LogP contribution in [0, 0.1) is 11.8 Å². The highest BCUT2D eigenvalue weighted by atomic mass is 16.6. The van der Waals surface area contributed by atoms with Crippen LogP contribution in [0.2, 0.25) is 0 Å². The molecule has 3 aliphatic heterocycles. The van der Waals surface area contributed by atoms with Crippen molar-refractivity contribution in [3.8, 4) is 11.5 Å². The molecule has 172 valence electrons. The number of hydrogen-bond donors (Lipinski definition) is 1. The summed E-state index contributed by atoms with van der Waals surface area (Å²) in [5.74, 6) is 1.88. The predicted molar refractivity (Wildman–Crippen MR) is 117 cm³/mol. The monoisotopic (exact) mass is 441 g/mol. The molecule has 1 spiro atoms. The van der Waals surface area contributed by atoms with Crippen molar-refractivity contribution in [2.45, 2.75) is 51.0 Å². The molecule has 5 rings (SSSR count). The van der Waals surface area contributed by atoms with Crippen molar-refractivity contribution in [3.05, 3.63) is 23.8 Å². The standard InChI is InChI=1S/C24H31N3O5/c1-16-4-8-24(9-5-16)22(29)27(23(30)25-24)15-26-10-6-17(7-11-26)21(28)18-2-3-19-20(14-18)32-13-12-31-19/h2-3,14,16-17H,4-13,15H2,1H3,(H,25,30). The molecule has 0 radical (unpaired) electrons. The van der Waals surface area contributed by atoms with E-state index >= 15 is 0 Å². The molecule has 0 bridgehead atoms. The molecular formula is C24H31N3O5. The fraction of sp³-hybridized carbons (Fsp3) is 0.625. The molecule has 0 unspecified atom stereocenters. The molecule has 1 aromatic rings. The molecule has 32 heavy (non-hydrogen) atoms. The predicted octanol–water partition coefficient (Wildman–Crippen LogP) is 2.81. The van der Waals surface area contributed by atoms with E-state index in [0.717, 1.165) is 25.7 Å². The zero-order valence-corrected chi connectivity index (χ0v) is 18.6. The number of benzene rings is 1. The van der Waals surface area contributed by atoms with Gasteiger partial charge in [-0.1, -0.05) is 6.92 Å². The number of carbonyl (C=O) groups excluding carboxylic acids is 3. The number of nitrogens with one attached hydrogen (secondary N) is 1. The van der Waals surface area contributed by atoms with Crippen molar-refractivity contribution < 1.29 is 23.9 Å². The molecule has 0 atom stereocenters. The van der Waals surface area contributed by atoms with E-state index in [4.69, 9.17) is 9.47 Å². The van der Waals surface area contributed by atoms with Gasteiger partial charge >= 0.3 is 6.03 Å². The molecule has 3 amide bonds. The second-order valence-electron chi connectivity index (χ2n) is 9.68. The van der Waals surface area contributed by atoms with E-state index in [1.165, 1.54) is 4.90 Å². The van der Waals surface area contributed by atoms with Crippen molar-refractivity contribution in [3.63, 3.8) is 0 Å². The van der Waals surface area contributed by atoms with Crippen molar-refractivity contribution in [1.82, 2.24) is 15.1 Å². The molecule has 8 heteroatoms. The first-order valence-electron chi connectivity index (χ1n) is 11.8. The number of piperidine rings is 1. The number of hydrogen-bond acceptors (Lipinski definition) is 6. The Hall–Kier alpha value is -2.61. The van der Waals surface area contributed by atoms with E-state index in [2.05, 4.69) is 17.1 Å². The van der Waals surface area contributed by atoms with Gasteiger partial charge in [0.1, 0.15) is 18.8 Å². The van der Waals surface area contributed by atoms with E-state index in [0.29, 0.717) is 68.8 Å². The molecule has 0 aromatic heterocycles. The Balaban J connectivity index is 1.17. The van der Waals surface area contributed by atoms with Crippen LogP contribution in [0.4, 0.5) is 4.79 Å². The van der Waals surface area contributed by atoms with Crippen LogP contribution in [-0.4, -0.2) is 66.0 Å². The van der Waals surface area contributed by atoms with Gasteiger partial charge in [0.2, 0.25) is 0 Å². The topological polar surface area (TPSA) is 88.2 Å². The number of amides is 3. The smallest absolute Gasteiger partial charge is 0.326 e. The number of nitrogens with zero attached hydrogens (tertiary/aromatic N) is 2. The molecule has 2 saturated heterocycles. The van der Waals surface area contributed by atoms with Gasteiger partial charge in [-0.15, -0.1) is 0 Å². The lowest BCUT2D eigenvalue weighted by Crippen LogP contribution is -2.50. The van der Waals surface area contributed by atoms with Crippen LogP contribution in [0.5, 0.6) is 11.5 Å². The lowest BCUT2D eigenvalue weighted by atomic mass is 9.77. The molecule has 8 nitrogen and oxygen atoms in total. The Labute approximate surface area is 188 Å². The summed E-state index contributed by atoms with van der Waals surface area (Å²) in [5.41, 5.74) is -0.0499. The maximum absolute atomic E-state index is 13.1. The Bertz CT molecular complexity index is 916. The summed E-state index contributed by atoms with van der Waals surface area (Å²) >= 11 is 0. The SMILES string of the molecule is CC1CCC2(CC1)NC(=O)N(CN1CCC(C(=O)c3ccc4c(c3)OCCO4)CC1)C2=O. The van der Waals surface area contributed by atoms with Crippen LogP contribution in [0.3, 0.4) is 0 Å². The van der Waals surface area contributed by atoms with Gasteiger partial charge in [0, 0.05) is 24.6 Å². The summed E-state index contributed by atoms with van der Waals surface area (Å²) in [6.45, 7) is 4.88. The summed E-state index contributed by atoms with van der Waals surface area (Å²) in [6.07, 6.45) is 4.79. The fourth-order valence-electron chi connectivity index (χ4n) is 5.37. The van der Waals surface area contributed by atoms with E-state index in [1.807, 2.05) is 0 Å². The largest absolute Gasteiger partial charge is 0.486 e. The highest BCUT2D eigenvalue weighted by Gasteiger charge is 2.52. The zero-order valence-electron chi connectivity index (χ0n) is 18.6. The molecule has 3 fully saturated rings. The third-order valence-corrected chi connectivity index (χ3v) is 7.50.